The van der Waals surface area contributed by atoms with Crippen LogP contribution < -0.4 is 4.72 Å². The van der Waals surface area contributed by atoms with E-state index in [1.807, 2.05) is 20.8 Å². The predicted octanol–water partition coefficient (Wildman–Crippen LogP) is 3.47. The standard InChI is InChI=1S/C13H20BrNO2S/c1-5-9(2)11(4)15-18(16,17)12-6-7-13(14)10(3)8-12/h6-9,11,15H,5H2,1-4H3. The van der Waals surface area contributed by atoms with E-state index in [0.717, 1.165) is 16.5 Å². The maximum atomic E-state index is 12.2. The van der Waals surface area contributed by atoms with Gasteiger partial charge in [0.1, 0.15) is 0 Å². The lowest BCUT2D eigenvalue weighted by atomic mass is 10.0. The number of halogens is 1. The molecule has 0 saturated heterocycles. The van der Waals surface area contributed by atoms with E-state index in [9.17, 15) is 8.42 Å². The van der Waals surface area contributed by atoms with E-state index in [-0.39, 0.29) is 6.04 Å². The van der Waals surface area contributed by atoms with Gasteiger partial charge in [-0.1, -0.05) is 36.2 Å². The molecule has 0 aliphatic heterocycles. The van der Waals surface area contributed by atoms with Gasteiger partial charge in [0.25, 0.3) is 0 Å². The van der Waals surface area contributed by atoms with Crippen LogP contribution in [0.4, 0.5) is 0 Å². The first-order valence-corrected chi connectivity index (χ1v) is 8.34. The third-order valence-corrected chi connectivity index (χ3v) is 5.72. The number of sulfonamides is 1. The van der Waals surface area contributed by atoms with E-state index in [1.165, 1.54) is 0 Å². The summed E-state index contributed by atoms with van der Waals surface area (Å²) in [7, 11) is -3.42. The minimum atomic E-state index is -3.42. The molecule has 0 aromatic heterocycles. The molecule has 2 atom stereocenters. The molecule has 1 aromatic rings. The fraction of sp³-hybridized carbons (Fsp3) is 0.538. The SMILES string of the molecule is CCC(C)C(C)NS(=O)(=O)c1ccc(Br)c(C)c1. The maximum Gasteiger partial charge on any atom is 0.240 e. The quantitative estimate of drug-likeness (QED) is 0.896. The summed E-state index contributed by atoms with van der Waals surface area (Å²) >= 11 is 3.37. The normalized spacial score (nSPS) is 15.4. The van der Waals surface area contributed by atoms with Crippen LogP contribution in [0, 0.1) is 12.8 Å². The zero-order chi connectivity index (χ0) is 13.9. The first kappa shape index (κ1) is 15.7. The van der Waals surface area contributed by atoms with E-state index in [1.54, 1.807) is 18.2 Å². The summed E-state index contributed by atoms with van der Waals surface area (Å²) in [6.45, 7) is 7.87. The second-order valence-corrected chi connectivity index (χ2v) is 7.27. The van der Waals surface area contributed by atoms with Gasteiger partial charge in [-0.15, -0.1) is 0 Å². The smallest absolute Gasteiger partial charge is 0.208 e. The van der Waals surface area contributed by atoms with Crippen LogP contribution in [-0.2, 0) is 10.0 Å². The van der Waals surface area contributed by atoms with E-state index >= 15 is 0 Å². The van der Waals surface area contributed by atoms with Gasteiger partial charge in [-0.25, -0.2) is 13.1 Å². The van der Waals surface area contributed by atoms with Crippen LogP contribution in [0.3, 0.4) is 0 Å². The first-order chi connectivity index (χ1) is 8.27. The second kappa shape index (κ2) is 6.17. The Hall–Kier alpha value is -0.390. The number of hydrogen-bond donors (Lipinski definition) is 1. The summed E-state index contributed by atoms with van der Waals surface area (Å²) in [4.78, 5) is 0.318. The molecule has 5 heteroatoms. The van der Waals surface area contributed by atoms with E-state index < -0.39 is 10.0 Å². The molecular weight excluding hydrogens is 314 g/mol. The molecule has 3 nitrogen and oxygen atoms in total. The van der Waals surface area contributed by atoms with Crippen molar-refractivity contribution in [3.05, 3.63) is 28.2 Å². The molecule has 102 valence electrons. The van der Waals surface area contributed by atoms with Crippen molar-refractivity contribution in [2.24, 2.45) is 5.92 Å². The molecule has 0 fully saturated rings. The van der Waals surface area contributed by atoms with Gasteiger partial charge in [0.2, 0.25) is 10.0 Å². The van der Waals surface area contributed by atoms with E-state index in [0.29, 0.717) is 10.8 Å². The monoisotopic (exact) mass is 333 g/mol. The molecule has 0 saturated carbocycles. The minimum absolute atomic E-state index is 0.0658. The molecule has 1 N–H and O–H groups in total. The third-order valence-electron chi connectivity index (χ3n) is 3.28. The predicted molar refractivity (Wildman–Crippen MR) is 78.1 cm³/mol. The molecule has 0 heterocycles. The van der Waals surface area contributed by atoms with Gasteiger partial charge in [-0.3, -0.25) is 0 Å². The van der Waals surface area contributed by atoms with Gasteiger partial charge < -0.3 is 0 Å². The molecule has 0 bridgehead atoms. The highest BCUT2D eigenvalue weighted by Crippen LogP contribution is 2.20. The fourth-order valence-corrected chi connectivity index (χ4v) is 3.25. The van der Waals surface area contributed by atoms with Crippen LogP contribution in [0.1, 0.15) is 32.8 Å². The first-order valence-electron chi connectivity index (χ1n) is 6.06. The highest BCUT2D eigenvalue weighted by Gasteiger charge is 2.20. The van der Waals surface area contributed by atoms with Crippen LogP contribution in [-0.4, -0.2) is 14.5 Å². The van der Waals surface area contributed by atoms with Crippen molar-refractivity contribution >= 4 is 26.0 Å². The number of hydrogen-bond acceptors (Lipinski definition) is 2. The number of nitrogens with one attached hydrogen (secondary N) is 1. The summed E-state index contributed by atoms with van der Waals surface area (Å²) < 4.78 is 28.0. The average Bonchev–Trinajstić information content (AvgIpc) is 2.30. The Balaban J connectivity index is 2.96. The van der Waals surface area contributed by atoms with Crippen molar-refractivity contribution in [2.75, 3.05) is 0 Å². The second-order valence-electron chi connectivity index (χ2n) is 4.71. The summed E-state index contributed by atoms with van der Waals surface area (Å²) in [6.07, 6.45) is 0.947. The Kier molecular flexibility index (Phi) is 5.37. The lowest BCUT2D eigenvalue weighted by molar-refractivity contribution is 0.434. The molecule has 0 spiro atoms. The highest BCUT2D eigenvalue weighted by molar-refractivity contribution is 9.10. The van der Waals surface area contributed by atoms with Crippen molar-refractivity contribution < 1.29 is 8.42 Å². The number of benzene rings is 1. The van der Waals surface area contributed by atoms with E-state index in [4.69, 9.17) is 0 Å². The molecule has 1 aromatic carbocycles. The summed E-state index contributed by atoms with van der Waals surface area (Å²) in [5.74, 6) is 0.316. The number of rotatable bonds is 5. The van der Waals surface area contributed by atoms with Gasteiger partial charge in [-0.05, 0) is 43.5 Å². The minimum Gasteiger partial charge on any atom is -0.208 e. The van der Waals surface area contributed by atoms with Crippen LogP contribution in [0.15, 0.2) is 27.6 Å². The lowest BCUT2D eigenvalue weighted by Crippen LogP contribution is -2.36. The molecule has 1 rings (SSSR count). The van der Waals surface area contributed by atoms with Gasteiger partial charge in [0.15, 0.2) is 0 Å². The molecular formula is C13H20BrNO2S. The molecule has 0 amide bonds. The zero-order valence-corrected chi connectivity index (χ0v) is 13.6. The van der Waals surface area contributed by atoms with Crippen LogP contribution in [0.5, 0.6) is 0 Å². The zero-order valence-electron chi connectivity index (χ0n) is 11.2. The van der Waals surface area contributed by atoms with Crippen molar-refractivity contribution in [2.45, 2.75) is 45.1 Å². The van der Waals surface area contributed by atoms with E-state index in [2.05, 4.69) is 27.6 Å². The van der Waals surface area contributed by atoms with Crippen LogP contribution in [0.25, 0.3) is 0 Å². The topological polar surface area (TPSA) is 46.2 Å². The van der Waals surface area contributed by atoms with Gasteiger partial charge in [0, 0.05) is 10.5 Å². The Bertz CT molecular complexity index is 514. The Morgan fingerprint density at radius 2 is 1.94 bits per heavy atom. The van der Waals surface area contributed by atoms with Crippen molar-refractivity contribution in [1.29, 1.82) is 0 Å². The van der Waals surface area contributed by atoms with Gasteiger partial charge in [0.05, 0.1) is 4.90 Å². The summed E-state index contributed by atoms with van der Waals surface area (Å²) in [6, 6.07) is 4.99. The molecule has 0 radical (unpaired) electrons. The van der Waals surface area contributed by atoms with Gasteiger partial charge in [-0.2, -0.15) is 0 Å². The Morgan fingerprint density at radius 3 is 2.44 bits per heavy atom. The van der Waals surface area contributed by atoms with Crippen LogP contribution in [0.2, 0.25) is 0 Å². The van der Waals surface area contributed by atoms with Crippen LogP contribution >= 0.6 is 15.9 Å². The largest absolute Gasteiger partial charge is 0.240 e. The van der Waals surface area contributed by atoms with Crippen molar-refractivity contribution in [1.82, 2.24) is 4.72 Å². The Morgan fingerprint density at radius 1 is 1.33 bits per heavy atom. The lowest BCUT2D eigenvalue weighted by Gasteiger charge is -2.20. The number of aryl methyl sites for hydroxylation is 1. The summed E-state index contributed by atoms with van der Waals surface area (Å²) in [5.41, 5.74) is 0.911. The Labute approximate surface area is 118 Å². The highest BCUT2D eigenvalue weighted by atomic mass is 79.9. The summed E-state index contributed by atoms with van der Waals surface area (Å²) in [5, 5.41) is 0. The molecule has 2 unspecified atom stereocenters. The molecule has 0 aliphatic rings. The van der Waals surface area contributed by atoms with Gasteiger partial charge >= 0.3 is 0 Å². The van der Waals surface area contributed by atoms with Crippen molar-refractivity contribution in [3.8, 4) is 0 Å². The average molecular weight is 334 g/mol. The maximum absolute atomic E-state index is 12.2. The molecule has 0 aliphatic carbocycles. The van der Waals surface area contributed by atoms with Crippen molar-refractivity contribution in [3.63, 3.8) is 0 Å². The third kappa shape index (κ3) is 3.80. The molecule has 18 heavy (non-hydrogen) atoms. The fourth-order valence-electron chi connectivity index (χ4n) is 1.57.